The summed E-state index contributed by atoms with van der Waals surface area (Å²) in [5.41, 5.74) is 0. The summed E-state index contributed by atoms with van der Waals surface area (Å²) in [5.74, 6) is -3.83. The second kappa shape index (κ2) is 19.8. The maximum atomic E-state index is 12.4. The molecule has 10 heteroatoms. The Labute approximate surface area is 202 Å². The average molecular weight is 441 g/mol. The number of unbranched alkanes of at least 4 members (excludes halogenated alkanes) is 8. The molecule has 0 saturated heterocycles. The van der Waals surface area contributed by atoms with Gasteiger partial charge in [-0.05, 0) is 6.42 Å². The Morgan fingerprint density at radius 2 is 1.10 bits per heavy atom. The van der Waals surface area contributed by atoms with Crippen molar-refractivity contribution in [2.75, 3.05) is 32.7 Å². The number of carbonyl (C=O) groups is 4. The van der Waals surface area contributed by atoms with Crippen LogP contribution in [-0.4, -0.2) is 81.7 Å². The van der Waals surface area contributed by atoms with Gasteiger partial charge in [0.1, 0.15) is 6.54 Å². The molecule has 170 valence electrons. The molecule has 9 nitrogen and oxygen atoms in total. The van der Waals surface area contributed by atoms with Crippen LogP contribution in [0.3, 0.4) is 0 Å². The molecule has 0 heterocycles. The number of carboxylic acid groups (broad SMARTS) is 3. The van der Waals surface area contributed by atoms with Crippen LogP contribution >= 0.6 is 0 Å². The number of aliphatic carboxylic acids is 3. The van der Waals surface area contributed by atoms with Gasteiger partial charge in [-0.1, -0.05) is 58.3 Å². The SMILES string of the molecule is CCCCCCCCCCCC(=O)N(CCN(CC(=O)O)CC(=O)O)CC(=O)O.[H-].[Na+]. The summed E-state index contributed by atoms with van der Waals surface area (Å²) in [5, 5.41) is 26.7. The third-order valence-electron chi connectivity index (χ3n) is 4.58. The normalized spacial score (nSPS) is 10.5. The Bertz CT molecular complexity index is 508. The Morgan fingerprint density at radius 1 is 0.667 bits per heavy atom. The van der Waals surface area contributed by atoms with Crippen molar-refractivity contribution in [1.29, 1.82) is 0 Å². The van der Waals surface area contributed by atoms with E-state index in [0.717, 1.165) is 29.1 Å². The molecule has 0 spiro atoms. The van der Waals surface area contributed by atoms with Crippen molar-refractivity contribution in [1.82, 2.24) is 9.80 Å². The number of amides is 1. The van der Waals surface area contributed by atoms with Crippen molar-refractivity contribution in [3.63, 3.8) is 0 Å². The molecule has 0 unspecified atom stereocenters. The first-order valence-corrected chi connectivity index (χ1v) is 10.4. The van der Waals surface area contributed by atoms with Gasteiger partial charge in [0.15, 0.2) is 0 Å². The largest absolute Gasteiger partial charge is 1.00 e. The van der Waals surface area contributed by atoms with E-state index < -0.39 is 37.5 Å². The smallest absolute Gasteiger partial charge is 1.00 e. The first-order chi connectivity index (χ1) is 13.8. The topological polar surface area (TPSA) is 135 Å². The molecule has 0 rings (SSSR count). The minimum absolute atomic E-state index is 0. The van der Waals surface area contributed by atoms with E-state index in [2.05, 4.69) is 6.92 Å². The van der Waals surface area contributed by atoms with Crippen LogP contribution in [0.15, 0.2) is 0 Å². The van der Waals surface area contributed by atoms with Gasteiger partial charge in [-0.2, -0.15) is 0 Å². The Balaban J connectivity index is -0.00000392. The van der Waals surface area contributed by atoms with Crippen LogP contribution < -0.4 is 29.6 Å². The van der Waals surface area contributed by atoms with E-state index in [1.807, 2.05) is 0 Å². The van der Waals surface area contributed by atoms with Crippen LogP contribution in [0.4, 0.5) is 0 Å². The van der Waals surface area contributed by atoms with Gasteiger partial charge in [0.05, 0.1) is 13.1 Å². The van der Waals surface area contributed by atoms with E-state index in [0.29, 0.717) is 6.42 Å². The zero-order chi connectivity index (χ0) is 22.1. The molecule has 0 aromatic heterocycles. The minimum Gasteiger partial charge on any atom is -1.00 e. The van der Waals surface area contributed by atoms with Crippen molar-refractivity contribution in [3.8, 4) is 0 Å². The van der Waals surface area contributed by atoms with Crippen LogP contribution in [0.2, 0.25) is 0 Å². The second-order valence-corrected chi connectivity index (χ2v) is 7.29. The average Bonchev–Trinajstić information content (AvgIpc) is 2.62. The van der Waals surface area contributed by atoms with Crippen molar-refractivity contribution in [3.05, 3.63) is 0 Å². The monoisotopic (exact) mass is 440 g/mol. The molecular weight excluding hydrogens is 403 g/mol. The van der Waals surface area contributed by atoms with E-state index in [4.69, 9.17) is 15.3 Å². The van der Waals surface area contributed by atoms with Crippen molar-refractivity contribution < 1.29 is 65.5 Å². The summed E-state index contributed by atoms with van der Waals surface area (Å²) < 4.78 is 0. The molecule has 0 atom stereocenters. The van der Waals surface area contributed by atoms with Crippen molar-refractivity contribution >= 4 is 23.8 Å². The van der Waals surface area contributed by atoms with Gasteiger partial charge < -0.3 is 21.6 Å². The number of nitrogens with zero attached hydrogens (tertiary/aromatic N) is 2. The fourth-order valence-electron chi connectivity index (χ4n) is 3.06. The number of carboxylic acids is 3. The first kappa shape index (κ1) is 31.0. The van der Waals surface area contributed by atoms with E-state index in [1.54, 1.807) is 0 Å². The van der Waals surface area contributed by atoms with E-state index in [9.17, 15) is 19.2 Å². The minimum atomic E-state index is -1.18. The summed E-state index contributed by atoms with van der Waals surface area (Å²) in [6.07, 6.45) is 10.2. The van der Waals surface area contributed by atoms with E-state index >= 15 is 0 Å². The molecule has 0 aliphatic heterocycles. The van der Waals surface area contributed by atoms with Crippen LogP contribution in [-0.2, 0) is 19.2 Å². The summed E-state index contributed by atoms with van der Waals surface area (Å²) >= 11 is 0. The molecule has 3 N–H and O–H groups in total. The van der Waals surface area contributed by atoms with E-state index in [-0.39, 0.29) is 56.4 Å². The fourth-order valence-corrected chi connectivity index (χ4v) is 3.06. The molecular formula is C20H37N2NaO7. The van der Waals surface area contributed by atoms with Crippen LogP contribution in [0.5, 0.6) is 0 Å². The number of hydrogen-bond acceptors (Lipinski definition) is 5. The molecule has 0 saturated carbocycles. The van der Waals surface area contributed by atoms with Gasteiger partial charge in [-0.15, -0.1) is 0 Å². The fraction of sp³-hybridized carbons (Fsp3) is 0.800. The number of rotatable bonds is 19. The predicted molar refractivity (Wildman–Crippen MR) is 109 cm³/mol. The van der Waals surface area contributed by atoms with Gasteiger partial charge in [0.25, 0.3) is 0 Å². The van der Waals surface area contributed by atoms with Crippen molar-refractivity contribution in [2.24, 2.45) is 0 Å². The van der Waals surface area contributed by atoms with Crippen LogP contribution in [0.25, 0.3) is 0 Å². The van der Waals surface area contributed by atoms with Gasteiger partial charge >= 0.3 is 47.5 Å². The third kappa shape index (κ3) is 18.8. The molecule has 1 amide bonds. The summed E-state index contributed by atoms with van der Waals surface area (Å²) in [6.45, 7) is 0.683. The molecule has 0 bridgehead atoms. The van der Waals surface area contributed by atoms with Gasteiger partial charge in [0, 0.05) is 19.5 Å². The Hall–Kier alpha value is -1.16. The number of carbonyl (C=O) groups excluding carboxylic acids is 1. The third-order valence-corrected chi connectivity index (χ3v) is 4.58. The molecule has 0 fully saturated rings. The molecule has 30 heavy (non-hydrogen) atoms. The Kier molecular flexibility index (Phi) is 20.5. The number of hydrogen-bond donors (Lipinski definition) is 3. The second-order valence-electron chi connectivity index (χ2n) is 7.29. The molecule has 0 radical (unpaired) electrons. The molecule has 0 aromatic rings. The molecule has 0 aliphatic carbocycles. The van der Waals surface area contributed by atoms with Gasteiger partial charge in [-0.3, -0.25) is 24.1 Å². The molecule has 0 aromatic carbocycles. The summed E-state index contributed by atoms with van der Waals surface area (Å²) in [6, 6.07) is 0. The maximum Gasteiger partial charge on any atom is 1.00 e. The van der Waals surface area contributed by atoms with E-state index in [1.165, 1.54) is 32.1 Å². The zero-order valence-corrected chi connectivity index (χ0v) is 20.5. The van der Waals surface area contributed by atoms with Gasteiger partial charge in [0.2, 0.25) is 5.91 Å². The Morgan fingerprint density at radius 3 is 1.53 bits per heavy atom. The quantitative estimate of drug-likeness (QED) is 0.179. The predicted octanol–water partition coefficient (Wildman–Crippen LogP) is -0.592. The molecule has 0 aliphatic rings. The van der Waals surface area contributed by atoms with Crippen molar-refractivity contribution in [2.45, 2.75) is 71.1 Å². The van der Waals surface area contributed by atoms with Gasteiger partial charge in [-0.25, -0.2) is 0 Å². The van der Waals surface area contributed by atoms with Crippen LogP contribution in [0.1, 0.15) is 72.6 Å². The summed E-state index contributed by atoms with van der Waals surface area (Å²) in [7, 11) is 0. The first-order valence-electron chi connectivity index (χ1n) is 10.4. The standard InChI is InChI=1S/C20H36N2O7.Na.H/c1-2-3-4-5-6-7-8-9-10-11-17(23)22(16-20(28)29)13-12-21(14-18(24)25)15-19(26)27;;/h2-16H2,1H3,(H,24,25)(H,26,27)(H,28,29);;/q;+1;-1. The maximum absolute atomic E-state index is 12.4. The zero-order valence-electron chi connectivity index (χ0n) is 19.5. The summed E-state index contributed by atoms with van der Waals surface area (Å²) in [4.78, 5) is 47.4. The van der Waals surface area contributed by atoms with Crippen LogP contribution in [0, 0.1) is 0 Å².